The highest BCUT2D eigenvalue weighted by Gasteiger charge is 2.31. The van der Waals surface area contributed by atoms with Crippen LogP contribution < -0.4 is 12.4 Å². The molecule has 0 aromatic carbocycles. The van der Waals surface area contributed by atoms with Crippen LogP contribution in [-0.4, -0.2) is 82.7 Å². The Bertz CT molecular complexity index is 621. The first kappa shape index (κ1) is 39.3. The highest BCUT2D eigenvalue weighted by Crippen LogP contribution is 2.30. The summed E-state index contributed by atoms with van der Waals surface area (Å²) in [5, 5.41) is 0. The minimum atomic E-state index is -0.636. The highest BCUT2D eigenvalue weighted by molar-refractivity contribution is 5.94. The quantitative estimate of drug-likeness (QED) is 0.0528. The average molecular weight is 592 g/mol. The van der Waals surface area contributed by atoms with E-state index in [2.05, 4.69) is 28.1 Å². The molecule has 2 atom stereocenters. The Morgan fingerprint density at radius 2 is 1.35 bits per heavy atom. The number of unbranched alkanes of at least 4 members (excludes halogenated alkanes) is 9. The number of hydrogen-bond acceptors (Lipinski definition) is 6. The largest absolute Gasteiger partial charge is 1.00 e. The number of likely N-dealkylation sites (N-methyl/N-ethyl adjacent to an activating group) is 1. The molecule has 0 radical (unpaired) electrons. The maximum Gasteiger partial charge on any atom is 0.313 e. The lowest BCUT2D eigenvalue weighted by atomic mass is 9.85. The number of Topliss-reactive ketones (excluding diaryl/α,β-unsaturated/α-hetero) is 1. The van der Waals surface area contributed by atoms with Gasteiger partial charge in [-0.2, -0.15) is 0 Å². The fraction of sp³-hybridized carbons (Fsp3) is 0.938. The number of rotatable bonds is 25. The van der Waals surface area contributed by atoms with Gasteiger partial charge in [0.25, 0.3) is 0 Å². The van der Waals surface area contributed by atoms with Crippen molar-refractivity contribution in [1.29, 1.82) is 0 Å². The first-order valence-electron chi connectivity index (χ1n) is 16.0. The Labute approximate surface area is 252 Å². The summed E-state index contributed by atoms with van der Waals surface area (Å²) in [4.78, 5) is 24.0. The Morgan fingerprint density at radius 3 is 1.93 bits per heavy atom. The Hall–Kier alpha value is -0.730. The Morgan fingerprint density at radius 1 is 0.775 bits per heavy atom. The predicted octanol–water partition coefficient (Wildman–Crippen LogP) is 3.85. The summed E-state index contributed by atoms with van der Waals surface area (Å²) < 4.78 is 24.9. The highest BCUT2D eigenvalue weighted by atomic mass is 35.5. The van der Waals surface area contributed by atoms with E-state index in [1.54, 1.807) is 0 Å². The van der Waals surface area contributed by atoms with E-state index in [9.17, 15) is 9.59 Å². The van der Waals surface area contributed by atoms with Gasteiger partial charge in [-0.05, 0) is 25.7 Å². The van der Waals surface area contributed by atoms with Crippen molar-refractivity contribution < 1.29 is 45.4 Å². The van der Waals surface area contributed by atoms with Gasteiger partial charge in [-0.3, -0.25) is 9.59 Å². The number of quaternary nitrogens is 1. The van der Waals surface area contributed by atoms with Gasteiger partial charge in [0.05, 0.1) is 41.0 Å². The van der Waals surface area contributed by atoms with Gasteiger partial charge in [-0.1, -0.05) is 96.8 Å². The maximum atomic E-state index is 12.5. The third-order valence-corrected chi connectivity index (χ3v) is 7.47. The minimum absolute atomic E-state index is 0. The molecule has 0 saturated heterocycles. The predicted molar refractivity (Wildman–Crippen MR) is 158 cm³/mol. The SMILES string of the molecule is CCCCCCCCCCCCOC(OCCOCC[N+](C)(C)C)C(CC1CCCCC1)OC(=O)CC(C)=O.[Cl-]. The van der Waals surface area contributed by atoms with Crippen LogP contribution in [0.15, 0.2) is 0 Å². The van der Waals surface area contributed by atoms with Gasteiger partial charge < -0.3 is 35.8 Å². The molecule has 1 aliphatic carbocycles. The second kappa shape index (κ2) is 24.8. The van der Waals surface area contributed by atoms with Crippen LogP contribution in [0.1, 0.15) is 123 Å². The first-order chi connectivity index (χ1) is 18.7. The van der Waals surface area contributed by atoms with E-state index in [4.69, 9.17) is 18.9 Å². The fourth-order valence-corrected chi connectivity index (χ4v) is 5.10. The molecule has 0 aromatic heterocycles. The number of halogens is 1. The van der Waals surface area contributed by atoms with Crippen molar-refractivity contribution in [2.45, 2.75) is 135 Å². The summed E-state index contributed by atoms with van der Waals surface area (Å²) >= 11 is 0. The van der Waals surface area contributed by atoms with Gasteiger partial charge >= 0.3 is 5.97 Å². The molecule has 238 valence electrons. The molecule has 0 aliphatic heterocycles. The lowest BCUT2D eigenvalue weighted by Crippen LogP contribution is -3.00. The molecule has 40 heavy (non-hydrogen) atoms. The van der Waals surface area contributed by atoms with Gasteiger partial charge in [0.1, 0.15) is 18.7 Å². The molecular weight excluding hydrogens is 530 g/mol. The van der Waals surface area contributed by atoms with Crippen molar-refractivity contribution in [2.75, 3.05) is 54.1 Å². The molecule has 7 nitrogen and oxygen atoms in total. The van der Waals surface area contributed by atoms with Crippen molar-refractivity contribution in [3.63, 3.8) is 0 Å². The molecule has 2 unspecified atom stereocenters. The zero-order valence-electron chi connectivity index (χ0n) is 26.6. The van der Waals surface area contributed by atoms with E-state index in [0.717, 1.165) is 36.7 Å². The Kier molecular flexibility index (Phi) is 24.4. The number of ether oxygens (including phenoxy) is 4. The van der Waals surface area contributed by atoms with E-state index >= 15 is 0 Å². The second-order valence-electron chi connectivity index (χ2n) is 12.6. The average Bonchev–Trinajstić information content (AvgIpc) is 2.87. The number of hydrogen-bond donors (Lipinski definition) is 0. The zero-order valence-corrected chi connectivity index (χ0v) is 27.3. The number of esters is 1. The van der Waals surface area contributed by atoms with Crippen LogP contribution in [0, 0.1) is 5.92 Å². The fourth-order valence-electron chi connectivity index (χ4n) is 5.10. The third kappa shape index (κ3) is 22.9. The van der Waals surface area contributed by atoms with E-state index in [0.29, 0.717) is 38.8 Å². The normalized spacial score (nSPS) is 15.8. The summed E-state index contributed by atoms with van der Waals surface area (Å²) in [5.41, 5.74) is 0. The smallest absolute Gasteiger partial charge is 0.313 e. The topological polar surface area (TPSA) is 71.1 Å². The molecule has 1 saturated carbocycles. The monoisotopic (exact) mass is 591 g/mol. The summed E-state index contributed by atoms with van der Waals surface area (Å²) in [7, 11) is 6.42. The number of nitrogens with zero attached hydrogens (tertiary/aromatic N) is 1. The van der Waals surface area contributed by atoms with Crippen LogP contribution in [0.4, 0.5) is 0 Å². The van der Waals surface area contributed by atoms with Gasteiger partial charge in [0.15, 0.2) is 12.4 Å². The van der Waals surface area contributed by atoms with Crippen LogP contribution >= 0.6 is 0 Å². The molecule has 1 rings (SSSR count). The van der Waals surface area contributed by atoms with Gasteiger partial charge in [0, 0.05) is 6.61 Å². The number of carbonyl (C=O) groups is 2. The van der Waals surface area contributed by atoms with Crippen molar-refractivity contribution >= 4 is 11.8 Å². The molecular formula is C32H62ClNO6. The first-order valence-corrected chi connectivity index (χ1v) is 16.0. The lowest BCUT2D eigenvalue weighted by molar-refractivity contribution is -0.870. The van der Waals surface area contributed by atoms with E-state index in [-0.39, 0.29) is 24.6 Å². The third-order valence-electron chi connectivity index (χ3n) is 7.47. The van der Waals surface area contributed by atoms with Gasteiger partial charge in [-0.15, -0.1) is 0 Å². The summed E-state index contributed by atoms with van der Waals surface area (Å²) in [5.74, 6) is -0.189. The molecule has 0 heterocycles. The Balaban J connectivity index is 0.0000152. The molecule has 0 spiro atoms. The van der Waals surface area contributed by atoms with Crippen molar-refractivity contribution in [3.05, 3.63) is 0 Å². The maximum absolute atomic E-state index is 12.5. The second-order valence-corrected chi connectivity index (χ2v) is 12.6. The van der Waals surface area contributed by atoms with Crippen molar-refractivity contribution in [2.24, 2.45) is 5.92 Å². The molecule has 8 heteroatoms. The van der Waals surface area contributed by atoms with Gasteiger partial charge in [-0.25, -0.2) is 0 Å². The molecule has 1 fully saturated rings. The molecule has 0 bridgehead atoms. The van der Waals surface area contributed by atoms with Crippen molar-refractivity contribution in [3.8, 4) is 0 Å². The van der Waals surface area contributed by atoms with Crippen LogP contribution in [0.2, 0.25) is 0 Å². The van der Waals surface area contributed by atoms with E-state index in [1.165, 1.54) is 77.6 Å². The van der Waals surface area contributed by atoms with Crippen LogP contribution in [-0.2, 0) is 28.5 Å². The molecule has 1 aliphatic rings. The van der Waals surface area contributed by atoms with Gasteiger partial charge in [0.2, 0.25) is 0 Å². The lowest BCUT2D eigenvalue weighted by Gasteiger charge is -2.31. The van der Waals surface area contributed by atoms with E-state index in [1.807, 2.05) is 0 Å². The van der Waals surface area contributed by atoms with Crippen LogP contribution in [0.3, 0.4) is 0 Å². The zero-order chi connectivity index (χ0) is 28.8. The molecule has 0 N–H and O–H groups in total. The number of ketones is 1. The van der Waals surface area contributed by atoms with E-state index < -0.39 is 18.4 Å². The molecule has 0 amide bonds. The molecule has 0 aromatic rings. The number of carbonyl (C=O) groups excluding carboxylic acids is 2. The van der Waals surface area contributed by atoms with Crippen LogP contribution in [0.25, 0.3) is 0 Å². The summed E-state index contributed by atoms with van der Waals surface area (Å²) in [6.07, 6.45) is 18.0. The standard InChI is InChI=1S/C32H62NO6.ClH/c1-6-7-8-9-10-11-12-13-14-18-22-37-32(38-25-24-36-23-21-33(3,4)5)30(39-31(35)26-28(2)34)27-29-19-16-15-17-20-29;/h29-30,32H,6-27H2,1-5H3;1H/q+1;/p-1. The summed E-state index contributed by atoms with van der Waals surface area (Å²) in [6.45, 7) is 6.69. The van der Waals surface area contributed by atoms with Crippen LogP contribution in [0.5, 0.6) is 0 Å². The van der Waals surface area contributed by atoms with Crippen molar-refractivity contribution in [1.82, 2.24) is 0 Å². The minimum Gasteiger partial charge on any atom is -1.00 e. The summed E-state index contributed by atoms with van der Waals surface area (Å²) in [6, 6.07) is 0.